The van der Waals surface area contributed by atoms with E-state index in [1.165, 1.54) is 7.11 Å². The molecule has 4 heteroatoms. The van der Waals surface area contributed by atoms with Gasteiger partial charge in [0.2, 0.25) is 0 Å². The molecular weight excluding hydrogens is 295 g/mol. The van der Waals surface area contributed by atoms with Gasteiger partial charge >= 0.3 is 5.97 Å². The highest BCUT2D eigenvalue weighted by Crippen LogP contribution is 2.16. The zero-order chi connectivity index (χ0) is 10.6. The van der Waals surface area contributed by atoms with Crippen LogP contribution in [-0.2, 0) is 9.53 Å². The van der Waals surface area contributed by atoms with Crippen molar-refractivity contribution in [3.63, 3.8) is 0 Å². The van der Waals surface area contributed by atoms with E-state index in [1.807, 2.05) is 24.3 Å². The quantitative estimate of drug-likeness (QED) is 0.634. The Bertz CT molecular complexity index is 325. The summed E-state index contributed by atoms with van der Waals surface area (Å²) in [5.74, 6) is 0.304. The van der Waals surface area contributed by atoms with E-state index in [9.17, 15) is 4.79 Å². The van der Waals surface area contributed by atoms with Gasteiger partial charge in [0.05, 0.1) is 7.11 Å². The lowest BCUT2D eigenvalue weighted by atomic mass is 10.3. The predicted molar refractivity (Wildman–Crippen MR) is 61.3 cm³/mol. The SMILES string of the molecule is COC(=O)C(C)Oc1cccc(I)c1. The Kier molecular flexibility index (Phi) is 4.19. The number of hydrogen-bond donors (Lipinski definition) is 0. The second-order valence-electron chi connectivity index (χ2n) is 2.74. The molecule has 0 bridgehead atoms. The monoisotopic (exact) mass is 306 g/mol. The van der Waals surface area contributed by atoms with Gasteiger partial charge in [-0.15, -0.1) is 0 Å². The van der Waals surface area contributed by atoms with E-state index in [2.05, 4.69) is 27.3 Å². The van der Waals surface area contributed by atoms with E-state index < -0.39 is 6.10 Å². The molecule has 0 saturated carbocycles. The Morgan fingerprint density at radius 1 is 1.50 bits per heavy atom. The molecule has 0 fully saturated rings. The molecule has 0 aromatic heterocycles. The first-order chi connectivity index (χ1) is 6.63. The first-order valence-electron chi connectivity index (χ1n) is 4.13. The molecule has 0 amide bonds. The summed E-state index contributed by atoms with van der Waals surface area (Å²) in [4.78, 5) is 11.1. The van der Waals surface area contributed by atoms with E-state index >= 15 is 0 Å². The van der Waals surface area contributed by atoms with Crippen LogP contribution in [0.25, 0.3) is 0 Å². The molecule has 3 nitrogen and oxygen atoms in total. The van der Waals surface area contributed by atoms with Crippen molar-refractivity contribution in [2.45, 2.75) is 13.0 Å². The fourth-order valence-electron chi connectivity index (χ4n) is 0.959. The number of benzene rings is 1. The van der Waals surface area contributed by atoms with Crippen LogP contribution in [0, 0.1) is 3.57 Å². The minimum absolute atomic E-state index is 0.371. The van der Waals surface area contributed by atoms with Crippen LogP contribution in [0.2, 0.25) is 0 Å². The van der Waals surface area contributed by atoms with Gasteiger partial charge in [0, 0.05) is 3.57 Å². The van der Waals surface area contributed by atoms with E-state index in [0.717, 1.165) is 3.57 Å². The third-order valence-electron chi connectivity index (χ3n) is 1.64. The highest BCUT2D eigenvalue weighted by Gasteiger charge is 2.14. The topological polar surface area (TPSA) is 35.5 Å². The van der Waals surface area contributed by atoms with Crippen molar-refractivity contribution >= 4 is 28.6 Å². The minimum atomic E-state index is -0.571. The molecule has 0 radical (unpaired) electrons. The van der Waals surface area contributed by atoms with Gasteiger partial charge in [-0.05, 0) is 47.7 Å². The molecule has 0 N–H and O–H groups in total. The summed E-state index contributed by atoms with van der Waals surface area (Å²) in [7, 11) is 1.34. The van der Waals surface area contributed by atoms with Gasteiger partial charge in [-0.2, -0.15) is 0 Å². The average Bonchev–Trinajstić information content (AvgIpc) is 2.16. The standard InChI is InChI=1S/C10H11IO3/c1-7(10(12)13-2)14-9-5-3-4-8(11)6-9/h3-7H,1-2H3. The van der Waals surface area contributed by atoms with Crippen LogP contribution < -0.4 is 4.74 Å². The van der Waals surface area contributed by atoms with Gasteiger partial charge in [-0.3, -0.25) is 0 Å². The van der Waals surface area contributed by atoms with Crippen LogP contribution >= 0.6 is 22.6 Å². The molecule has 1 unspecified atom stereocenters. The summed E-state index contributed by atoms with van der Waals surface area (Å²) in [6, 6.07) is 7.50. The minimum Gasteiger partial charge on any atom is -0.479 e. The number of ether oxygens (including phenoxy) is 2. The summed E-state index contributed by atoms with van der Waals surface area (Å²) in [5.41, 5.74) is 0. The van der Waals surface area contributed by atoms with Crippen LogP contribution in [0.5, 0.6) is 5.75 Å². The van der Waals surface area contributed by atoms with Gasteiger partial charge in [0.1, 0.15) is 5.75 Å². The summed E-state index contributed by atoms with van der Waals surface area (Å²) >= 11 is 2.18. The summed E-state index contributed by atoms with van der Waals surface area (Å²) in [6.45, 7) is 1.66. The van der Waals surface area contributed by atoms with Crippen molar-refractivity contribution in [1.29, 1.82) is 0 Å². The van der Waals surface area contributed by atoms with Gasteiger partial charge < -0.3 is 9.47 Å². The van der Waals surface area contributed by atoms with Crippen LogP contribution in [0.1, 0.15) is 6.92 Å². The fraction of sp³-hybridized carbons (Fsp3) is 0.300. The van der Waals surface area contributed by atoms with Gasteiger partial charge in [-0.25, -0.2) is 4.79 Å². The van der Waals surface area contributed by atoms with Gasteiger partial charge in [-0.1, -0.05) is 6.07 Å². The molecule has 1 aromatic carbocycles. The second-order valence-corrected chi connectivity index (χ2v) is 3.99. The highest BCUT2D eigenvalue weighted by atomic mass is 127. The maximum Gasteiger partial charge on any atom is 0.346 e. The third kappa shape index (κ3) is 3.17. The van der Waals surface area contributed by atoms with Crippen LogP contribution in [0.4, 0.5) is 0 Å². The predicted octanol–water partition coefficient (Wildman–Crippen LogP) is 2.23. The summed E-state index contributed by atoms with van der Waals surface area (Å²) in [5, 5.41) is 0. The molecule has 0 heterocycles. The van der Waals surface area contributed by atoms with Crippen molar-refractivity contribution < 1.29 is 14.3 Å². The molecule has 0 aliphatic rings. The number of carbonyl (C=O) groups excluding carboxylic acids is 1. The lowest BCUT2D eigenvalue weighted by Gasteiger charge is -2.12. The molecule has 1 rings (SSSR count). The van der Waals surface area contributed by atoms with E-state index in [-0.39, 0.29) is 5.97 Å². The number of hydrogen-bond acceptors (Lipinski definition) is 3. The molecule has 0 spiro atoms. The number of methoxy groups -OCH3 is 1. The Balaban J connectivity index is 2.64. The molecule has 76 valence electrons. The normalized spacial score (nSPS) is 11.9. The van der Waals surface area contributed by atoms with Crippen molar-refractivity contribution in [2.75, 3.05) is 7.11 Å². The van der Waals surface area contributed by atoms with Crippen LogP contribution in [0.3, 0.4) is 0 Å². The molecule has 0 saturated heterocycles. The molecular formula is C10H11IO3. The van der Waals surface area contributed by atoms with Crippen LogP contribution in [-0.4, -0.2) is 19.2 Å². The zero-order valence-electron chi connectivity index (χ0n) is 7.99. The molecule has 14 heavy (non-hydrogen) atoms. The Morgan fingerprint density at radius 2 is 2.21 bits per heavy atom. The van der Waals surface area contributed by atoms with Gasteiger partial charge in [0.15, 0.2) is 6.10 Å². The number of esters is 1. The van der Waals surface area contributed by atoms with Crippen molar-refractivity contribution in [2.24, 2.45) is 0 Å². The Morgan fingerprint density at radius 3 is 2.79 bits per heavy atom. The summed E-state index contributed by atoms with van der Waals surface area (Å²) in [6.07, 6.45) is -0.571. The third-order valence-corrected chi connectivity index (χ3v) is 2.31. The number of carbonyl (C=O) groups is 1. The second kappa shape index (κ2) is 5.19. The zero-order valence-corrected chi connectivity index (χ0v) is 10.1. The van der Waals surface area contributed by atoms with E-state index in [0.29, 0.717) is 5.75 Å². The smallest absolute Gasteiger partial charge is 0.346 e. The van der Waals surface area contributed by atoms with Crippen molar-refractivity contribution in [1.82, 2.24) is 0 Å². The fourth-order valence-corrected chi connectivity index (χ4v) is 1.47. The van der Waals surface area contributed by atoms with E-state index in [1.54, 1.807) is 6.92 Å². The maximum atomic E-state index is 11.1. The molecule has 1 atom stereocenters. The van der Waals surface area contributed by atoms with Gasteiger partial charge in [0.25, 0.3) is 0 Å². The lowest BCUT2D eigenvalue weighted by molar-refractivity contribution is -0.147. The Labute approximate surface area is 96.5 Å². The maximum absolute atomic E-state index is 11.1. The highest BCUT2D eigenvalue weighted by molar-refractivity contribution is 14.1. The summed E-state index contributed by atoms with van der Waals surface area (Å²) < 4.78 is 11.0. The Hall–Kier alpha value is -0.780. The first-order valence-corrected chi connectivity index (χ1v) is 5.21. The molecule has 0 aliphatic heterocycles. The van der Waals surface area contributed by atoms with Crippen molar-refractivity contribution in [3.8, 4) is 5.75 Å². The number of rotatable bonds is 3. The molecule has 0 aliphatic carbocycles. The van der Waals surface area contributed by atoms with Crippen LogP contribution in [0.15, 0.2) is 24.3 Å². The van der Waals surface area contributed by atoms with E-state index in [4.69, 9.17) is 4.74 Å². The molecule has 1 aromatic rings. The van der Waals surface area contributed by atoms with Crippen molar-refractivity contribution in [3.05, 3.63) is 27.8 Å². The number of halogens is 1. The first kappa shape index (κ1) is 11.3. The average molecular weight is 306 g/mol. The largest absolute Gasteiger partial charge is 0.479 e. The lowest BCUT2D eigenvalue weighted by Crippen LogP contribution is -2.24.